The topological polar surface area (TPSA) is 0 Å². The first-order chi connectivity index (χ1) is 4.87. The minimum Gasteiger partial charge on any atom is -0.200 e. The van der Waals surface area contributed by atoms with E-state index in [4.69, 9.17) is 0 Å². The molecule has 0 amide bonds. The zero-order valence-corrected chi connectivity index (χ0v) is 7.60. The summed E-state index contributed by atoms with van der Waals surface area (Å²) in [5.41, 5.74) is 0. The van der Waals surface area contributed by atoms with E-state index in [1.807, 2.05) is 0 Å². The summed E-state index contributed by atoms with van der Waals surface area (Å²) in [6.45, 7) is 1.04. The van der Waals surface area contributed by atoms with Gasteiger partial charge < -0.3 is 0 Å². The second kappa shape index (κ2) is 3.74. The molecule has 11 heavy (non-hydrogen) atoms. The van der Waals surface area contributed by atoms with Gasteiger partial charge in [-0.2, -0.15) is 17.6 Å². The van der Waals surface area contributed by atoms with Gasteiger partial charge in [-0.05, 0) is 0 Å². The van der Waals surface area contributed by atoms with Crippen LogP contribution in [-0.2, 0) is 0 Å². The maximum atomic E-state index is 12.4. The van der Waals surface area contributed by atoms with E-state index >= 15 is 0 Å². The molecule has 0 bridgehead atoms. The van der Waals surface area contributed by atoms with Gasteiger partial charge in [0.15, 0.2) is 0 Å². The highest BCUT2D eigenvalue weighted by Crippen LogP contribution is 2.39. The van der Waals surface area contributed by atoms with Crippen molar-refractivity contribution in [2.75, 3.05) is 5.33 Å². The molecule has 0 rings (SSSR count). The van der Waals surface area contributed by atoms with Crippen LogP contribution in [0.15, 0.2) is 0 Å². The standard InChI is InChI=1S/C6H9BrF4/c1-2-5(8,9)6(10,11)3-4-7/h2-4H2,1H3. The van der Waals surface area contributed by atoms with Crippen LogP contribution in [-0.4, -0.2) is 17.2 Å². The van der Waals surface area contributed by atoms with Gasteiger partial charge in [0.2, 0.25) is 0 Å². The molecule has 0 aliphatic heterocycles. The third-order valence-corrected chi connectivity index (χ3v) is 1.78. The Bertz CT molecular complexity index is 124. The summed E-state index contributed by atoms with van der Waals surface area (Å²) in [5.74, 6) is -7.76. The van der Waals surface area contributed by atoms with E-state index in [0.29, 0.717) is 0 Å². The average Bonchev–Trinajstić information content (AvgIpc) is 1.87. The minimum atomic E-state index is -3.88. The highest BCUT2D eigenvalue weighted by Gasteiger charge is 2.53. The minimum absolute atomic E-state index is 0.115. The molecule has 0 saturated carbocycles. The third-order valence-electron chi connectivity index (χ3n) is 1.39. The lowest BCUT2D eigenvalue weighted by atomic mass is 10.1. The van der Waals surface area contributed by atoms with Crippen molar-refractivity contribution in [3.8, 4) is 0 Å². The van der Waals surface area contributed by atoms with Gasteiger partial charge in [0.25, 0.3) is 0 Å². The second-order valence-electron chi connectivity index (χ2n) is 2.20. The van der Waals surface area contributed by atoms with Gasteiger partial charge in [-0.15, -0.1) is 0 Å². The van der Waals surface area contributed by atoms with E-state index in [1.165, 1.54) is 0 Å². The van der Waals surface area contributed by atoms with Crippen molar-refractivity contribution in [1.29, 1.82) is 0 Å². The number of alkyl halides is 5. The fourth-order valence-electron chi connectivity index (χ4n) is 0.560. The Morgan fingerprint density at radius 3 is 1.82 bits per heavy atom. The SMILES string of the molecule is CCC(F)(F)C(F)(F)CCBr. The van der Waals surface area contributed by atoms with Crippen molar-refractivity contribution in [2.45, 2.75) is 31.6 Å². The van der Waals surface area contributed by atoms with Gasteiger partial charge >= 0.3 is 11.8 Å². The van der Waals surface area contributed by atoms with Crippen molar-refractivity contribution < 1.29 is 17.6 Å². The Kier molecular flexibility index (Phi) is 3.80. The highest BCUT2D eigenvalue weighted by atomic mass is 79.9. The molecule has 0 N–H and O–H groups in total. The van der Waals surface area contributed by atoms with Gasteiger partial charge in [-0.1, -0.05) is 22.9 Å². The molecule has 0 aliphatic carbocycles. The van der Waals surface area contributed by atoms with Crippen LogP contribution in [0.25, 0.3) is 0 Å². The summed E-state index contributed by atoms with van der Waals surface area (Å²) in [4.78, 5) is 0. The van der Waals surface area contributed by atoms with E-state index in [-0.39, 0.29) is 5.33 Å². The van der Waals surface area contributed by atoms with E-state index in [0.717, 1.165) is 6.92 Å². The number of hydrogen-bond donors (Lipinski definition) is 0. The average molecular weight is 237 g/mol. The maximum Gasteiger partial charge on any atom is 0.311 e. The van der Waals surface area contributed by atoms with Gasteiger partial charge in [0.05, 0.1) is 0 Å². The number of halogens is 5. The molecule has 0 nitrogen and oxygen atoms in total. The van der Waals surface area contributed by atoms with Crippen LogP contribution in [0.5, 0.6) is 0 Å². The molecule has 68 valence electrons. The number of hydrogen-bond acceptors (Lipinski definition) is 0. The molecule has 0 fully saturated rings. The molecule has 0 heterocycles. The summed E-state index contributed by atoms with van der Waals surface area (Å²) in [5, 5.41) is -0.115. The van der Waals surface area contributed by atoms with Crippen molar-refractivity contribution in [3.63, 3.8) is 0 Å². The summed E-state index contributed by atoms with van der Waals surface area (Å²) in [6, 6.07) is 0. The van der Waals surface area contributed by atoms with Gasteiger partial charge in [0.1, 0.15) is 0 Å². The van der Waals surface area contributed by atoms with Crippen LogP contribution in [0.1, 0.15) is 19.8 Å². The van der Waals surface area contributed by atoms with Crippen molar-refractivity contribution >= 4 is 15.9 Å². The molecular weight excluding hydrogens is 228 g/mol. The Hall–Kier alpha value is 0.200. The maximum absolute atomic E-state index is 12.4. The van der Waals surface area contributed by atoms with Crippen LogP contribution in [0.4, 0.5) is 17.6 Å². The molecule has 0 saturated heterocycles. The fourth-order valence-corrected chi connectivity index (χ4v) is 1.06. The monoisotopic (exact) mass is 236 g/mol. The van der Waals surface area contributed by atoms with E-state index < -0.39 is 24.7 Å². The van der Waals surface area contributed by atoms with Crippen LogP contribution in [0.2, 0.25) is 0 Å². The largest absolute Gasteiger partial charge is 0.311 e. The molecule has 0 aromatic rings. The summed E-state index contributed by atoms with van der Waals surface area (Å²) in [7, 11) is 0. The smallest absolute Gasteiger partial charge is 0.200 e. The summed E-state index contributed by atoms with van der Waals surface area (Å²) < 4.78 is 49.5. The highest BCUT2D eigenvalue weighted by molar-refractivity contribution is 9.09. The predicted molar refractivity (Wildman–Crippen MR) is 38.6 cm³/mol. The molecule has 0 radical (unpaired) electrons. The zero-order chi connectivity index (χ0) is 9.12. The zero-order valence-electron chi connectivity index (χ0n) is 6.01. The van der Waals surface area contributed by atoms with Gasteiger partial charge in [0, 0.05) is 18.2 Å². The summed E-state index contributed by atoms with van der Waals surface area (Å²) in [6.07, 6.45) is -1.65. The fraction of sp³-hybridized carbons (Fsp3) is 1.00. The van der Waals surface area contributed by atoms with Crippen molar-refractivity contribution in [3.05, 3.63) is 0 Å². The Balaban J connectivity index is 4.26. The Morgan fingerprint density at radius 1 is 1.09 bits per heavy atom. The predicted octanol–water partition coefficient (Wildman–Crippen LogP) is 3.45. The molecule has 0 aromatic heterocycles. The van der Waals surface area contributed by atoms with Gasteiger partial charge in [-0.25, -0.2) is 0 Å². The van der Waals surface area contributed by atoms with Crippen LogP contribution < -0.4 is 0 Å². The second-order valence-corrected chi connectivity index (χ2v) is 2.99. The first-order valence-electron chi connectivity index (χ1n) is 3.19. The van der Waals surface area contributed by atoms with Crippen LogP contribution in [0.3, 0.4) is 0 Å². The van der Waals surface area contributed by atoms with Gasteiger partial charge in [-0.3, -0.25) is 0 Å². The van der Waals surface area contributed by atoms with Crippen LogP contribution >= 0.6 is 15.9 Å². The third kappa shape index (κ3) is 2.61. The lowest BCUT2D eigenvalue weighted by Crippen LogP contribution is -2.40. The van der Waals surface area contributed by atoms with Crippen molar-refractivity contribution in [2.24, 2.45) is 0 Å². The lowest BCUT2D eigenvalue weighted by molar-refractivity contribution is -0.209. The van der Waals surface area contributed by atoms with E-state index in [9.17, 15) is 17.6 Å². The Labute approximate surface area is 71.1 Å². The first-order valence-corrected chi connectivity index (χ1v) is 4.31. The number of rotatable bonds is 4. The molecule has 0 aliphatic rings. The van der Waals surface area contributed by atoms with E-state index in [1.54, 1.807) is 0 Å². The lowest BCUT2D eigenvalue weighted by Gasteiger charge is -2.24. The van der Waals surface area contributed by atoms with E-state index in [2.05, 4.69) is 15.9 Å². The molecule has 5 heteroatoms. The molecular formula is C6H9BrF4. The normalized spacial score (nSPS) is 13.6. The first kappa shape index (κ1) is 11.2. The molecule has 0 atom stereocenters. The van der Waals surface area contributed by atoms with Crippen molar-refractivity contribution in [1.82, 2.24) is 0 Å². The van der Waals surface area contributed by atoms with Crippen LogP contribution in [0, 0.1) is 0 Å². The molecule has 0 aromatic carbocycles. The quantitative estimate of drug-likeness (QED) is 0.518. The molecule has 0 spiro atoms. The summed E-state index contributed by atoms with van der Waals surface area (Å²) >= 11 is 2.69. The molecule has 0 unspecified atom stereocenters. The Morgan fingerprint density at radius 2 is 1.55 bits per heavy atom.